The summed E-state index contributed by atoms with van der Waals surface area (Å²) in [6.07, 6.45) is 4.19. The number of halogens is 1. The number of aromatic nitrogens is 2. The lowest BCUT2D eigenvalue weighted by atomic mass is 10.1. The fourth-order valence-corrected chi connectivity index (χ4v) is 2.96. The van der Waals surface area contributed by atoms with Gasteiger partial charge >= 0.3 is 6.03 Å². The van der Waals surface area contributed by atoms with Gasteiger partial charge in [-0.2, -0.15) is 5.26 Å². The summed E-state index contributed by atoms with van der Waals surface area (Å²) in [5, 5.41) is 17.4. The second-order valence-electron chi connectivity index (χ2n) is 6.89. The minimum atomic E-state index is -0.502. The highest BCUT2D eigenvalue weighted by atomic mass is 19.1. The van der Waals surface area contributed by atoms with Gasteiger partial charge in [0.1, 0.15) is 17.6 Å². The predicted octanol–water partition coefficient (Wildman–Crippen LogP) is 3.51. The molecule has 9 heteroatoms. The Morgan fingerprint density at radius 2 is 1.75 bits per heavy atom. The number of anilines is 2. The van der Waals surface area contributed by atoms with Crippen molar-refractivity contribution in [2.24, 2.45) is 0 Å². The average molecular weight is 434 g/mol. The van der Waals surface area contributed by atoms with E-state index in [1.54, 1.807) is 18.2 Å². The first-order valence-electron chi connectivity index (χ1n) is 9.99. The first kappa shape index (κ1) is 22.7. The number of nitrogens with one attached hydrogen (secondary N) is 3. The van der Waals surface area contributed by atoms with Gasteiger partial charge < -0.3 is 15.4 Å². The Kier molecular flexibility index (Phi) is 8.06. The smallest absolute Gasteiger partial charge is 0.324 e. The maximum Gasteiger partial charge on any atom is 0.324 e. The molecule has 0 saturated heterocycles. The summed E-state index contributed by atoms with van der Waals surface area (Å²) in [4.78, 5) is 20.0. The molecule has 0 atom stereocenters. The molecule has 0 spiro atoms. The van der Waals surface area contributed by atoms with Crippen LogP contribution in [0, 0.1) is 17.1 Å². The van der Waals surface area contributed by atoms with Gasteiger partial charge in [0.2, 0.25) is 0 Å². The Morgan fingerprint density at radius 3 is 2.41 bits per heavy atom. The summed E-state index contributed by atoms with van der Waals surface area (Å²) in [6.45, 7) is 1.57. The first-order valence-corrected chi connectivity index (χ1v) is 9.99. The molecular weight excluding hydrogens is 411 g/mol. The molecule has 8 nitrogen and oxygen atoms in total. The molecule has 3 rings (SSSR count). The van der Waals surface area contributed by atoms with Crippen molar-refractivity contribution in [2.75, 3.05) is 30.8 Å². The van der Waals surface area contributed by atoms with Crippen molar-refractivity contribution in [3.8, 4) is 11.8 Å². The molecule has 0 aliphatic carbocycles. The number of methoxy groups -OCH3 is 1. The lowest BCUT2D eigenvalue weighted by molar-refractivity contribution is 0.262. The second kappa shape index (κ2) is 11.4. The molecule has 1 heterocycles. The molecule has 2 aromatic carbocycles. The molecule has 0 radical (unpaired) electrons. The predicted molar refractivity (Wildman–Crippen MR) is 119 cm³/mol. The maximum atomic E-state index is 12.9. The van der Waals surface area contributed by atoms with Gasteiger partial charge in [0, 0.05) is 0 Å². The summed E-state index contributed by atoms with van der Waals surface area (Å²) in [7, 11) is 1.54. The minimum Gasteiger partial charge on any atom is -0.495 e. The van der Waals surface area contributed by atoms with Crippen molar-refractivity contribution in [3.05, 3.63) is 77.5 Å². The van der Waals surface area contributed by atoms with E-state index in [-0.39, 0.29) is 17.3 Å². The van der Waals surface area contributed by atoms with Crippen molar-refractivity contribution in [2.45, 2.75) is 12.8 Å². The van der Waals surface area contributed by atoms with Gasteiger partial charge in [0.15, 0.2) is 11.5 Å². The van der Waals surface area contributed by atoms with Gasteiger partial charge in [-0.3, -0.25) is 5.32 Å². The van der Waals surface area contributed by atoms with E-state index in [2.05, 4.69) is 25.9 Å². The molecule has 164 valence electrons. The van der Waals surface area contributed by atoms with E-state index in [9.17, 15) is 9.18 Å². The van der Waals surface area contributed by atoms with Gasteiger partial charge in [0.25, 0.3) is 0 Å². The van der Waals surface area contributed by atoms with Crippen LogP contribution in [-0.2, 0) is 12.8 Å². The van der Waals surface area contributed by atoms with Crippen molar-refractivity contribution < 1.29 is 13.9 Å². The molecule has 0 fully saturated rings. The third-order valence-electron chi connectivity index (χ3n) is 4.62. The van der Waals surface area contributed by atoms with E-state index < -0.39 is 6.03 Å². The lowest BCUT2D eigenvalue weighted by Crippen LogP contribution is -2.21. The molecule has 0 aliphatic heterocycles. The normalized spacial score (nSPS) is 10.3. The summed E-state index contributed by atoms with van der Waals surface area (Å²) in [6, 6.07) is 13.4. The number of nitrogens with zero attached hydrogens (tertiary/aromatic N) is 3. The second-order valence-corrected chi connectivity index (χ2v) is 6.89. The van der Waals surface area contributed by atoms with E-state index in [0.29, 0.717) is 11.4 Å². The van der Waals surface area contributed by atoms with E-state index in [1.165, 1.54) is 31.6 Å². The van der Waals surface area contributed by atoms with Crippen LogP contribution in [0.3, 0.4) is 0 Å². The van der Waals surface area contributed by atoms with Crippen LogP contribution in [0.4, 0.5) is 20.7 Å². The molecule has 3 aromatic rings. The minimum absolute atomic E-state index is 0.165. The molecule has 0 unspecified atom stereocenters. The number of rotatable bonds is 9. The number of carbonyl (C=O) groups is 1. The molecule has 1 aromatic heterocycles. The summed E-state index contributed by atoms with van der Waals surface area (Å²) in [5.41, 5.74) is 2.82. The highest BCUT2D eigenvalue weighted by Gasteiger charge is 2.10. The molecular formula is C23H23FN6O2. The van der Waals surface area contributed by atoms with Crippen molar-refractivity contribution in [1.82, 2.24) is 15.3 Å². The van der Waals surface area contributed by atoms with Crippen molar-refractivity contribution in [3.63, 3.8) is 0 Å². The fraction of sp³-hybridized carbons (Fsp3) is 0.217. The number of urea groups is 1. The van der Waals surface area contributed by atoms with E-state index in [0.717, 1.165) is 37.1 Å². The monoisotopic (exact) mass is 434 g/mol. The van der Waals surface area contributed by atoms with Gasteiger partial charge in [-0.25, -0.2) is 19.2 Å². The van der Waals surface area contributed by atoms with Crippen LogP contribution in [0.5, 0.6) is 5.75 Å². The van der Waals surface area contributed by atoms with Crippen molar-refractivity contribution >= 4 is 17.5 Å². The van der Waals surface area contributed by atoms with Gasteiger partial charge in [0.05, 0.1) is 25.2 Å². The highest BCUT2D eigenvalue weighted by Crippen LogP contribution is 2.26. The number of hydrogen-bond acceptors (Lipinski definition) is 6. The fourth-order valence-electron chi connectivity index (χ4n) is 2.96. The first-order chi connectivity index (χ1) is 15.6. The number of hydrogen-bond donors (Lipinski definition) is 3. The van der Waals surface area contributed by atoms with Crippen molar-refractivity contribution in [1.29, 1.82) is 5.26 Å². The third kappa shape index (κ3) is 6.75. The average Bonchev–Trinajstić information content (AvgIpc) is 2.81. The zero-order valence-corrected chi connectivity index (χ0v) is 17.6. The van der Waals surface area contributed by atoms with Gasteiger partial charge in [-0.1, -0.05) is 18.2 Å². The number of nitriles is 1. The zero-order chi connectivity index (χ0) is 22.8. The summed E-state index contributed by atoms with van der Waals surface area (Å²) in [5.74, 6) is 0.535. The number of amides is 2. The molecule has 2 amide bonds. The highest BCUT2D eigenvalue weighted by molar-refractivity contribution is 6.00. The third-order valence-corrected chi connectivity index (χ3v) is 4.62. The van der Waals surface area contributed by atoms with Crippen LogP contribution >= 0.6 is 0 Å². The summed E-state index contributed by atoms with van der Waals surface area (Å²) < 4.78 is 18.3. The molecule has 32 heavy (non-hydrogen) atoms. The number of benzene rings is 2. The van der Waals surface area contributed by atoms with Crippen LogP contribution in [0.2, 0.25) is 0 Å². The Morgan fingerprint density at radius 1 is 1.03 bits per heavy atom. The quantitative estimate of drug-likeness (QED) is 0.444. The topological polar surface area (TPSA) is 112 Å². The molecule has 0 bridgehead atoms. The van der Waals surface area contributed by atoms with Crippen LogP contribution in [-0.4, -0.2) is 36.2 Å². The van der Waals surface area contributed by atoms with E-state index in [1.807, 2.05) is 18.2 Å². The number of carbonyl (C=O) groups excluding carboxylic acids is 1. The Labute approximate surface area is 185 Å². The van der Waals surface area contributed by atoms with Crippen LogP contribution < -0.4 is 20.7 Å². The Bertz CT molecular complexity index is 1080. The lowest BCUT2D eigenvalue weighted by Gasteiger charge is -2.13. The molecule has 3 N–H and O–H groups in total. The maximum absolute atomic E-state index is 12.9. The van der Waals surface area contributed by atoms with Crippen LogP contribution in [0.15, 0.2) is 54.9 Å². The van der Waals surface area contributed by atoms with Gasteiger partial charge in [-0.15, -0.1) is 0 Å². The van der Waals surface area contributed by atoms with Crippen LogP contribution in [0.1, 0.15) is 16.8 Å². The summed E-state index contributed by atoms with van der Waals surface area (Å²) >= 11 is 0. The molecule has 0 aliphatic rings. The number of ether oxygens (including phenoxy) is 1. The Balaban J connectivity index is 1.47. The van der Waals surface area contributed by atoms with Gasteiger partial charge in [-0.05, 0) is 61.3 Å². The largest absolute Gasteiger partial charge is 0.495 e. The van der Waals surface area contributed by atoms with Crippen LogP contribution in [0.25, 0.3) is 0 Å². The standard InChI is InChI=1S/C23H23FN6O2/c1-32-21-12-17(9-11-26-10-8-16-2-5-18(24)6-3-16)4-7-20(21)29-23(31)30-22-15-27-19(13-25)14-28-22/h2-7,12,14-15,26H,8-11H2,1H3,(H2,28,29,30,31). The van der Waals surface area contributed by atoms with E-state index >= 15 is 0 Å². The molecule has 0 saturated carbocycles. The SMILES string of the molecule is COc1cc(CCNCCc2ccc(F)cc2)ccc1NC(=O)Nc1cnc(C#N)cn1. The Hall–Kier alpha value is -4.03. The zero-order valence-electron chi connectivity index (χ0n) is 17.6. The van der Waals surface area contributed by atoms with E-state index in [4.69, 9.17) is 10.00 Å².